The summed E-state index contributed by atoms with van der Waals surface area (Å²) >= 11 is 0. The molecule has 0 radical (unpaired) electrons. The van der Waals surface area contributed by atoms with Crippen LogP contribution in [0.3, 0.4) is 0 Å². The Morgan fingerprint density at radius 3 is 2.08 bits per heavy atom. The molecule has 2 unspecified atom stereocenters. The smallest absolute Gasteiger partial charge is 0.408 e. The molecule has 0 bridgehead atoms. The number of hydrogen-bond acceptors (Lipinski definition) is 5. The lowest BCUT2D eigenvalue weighted by molar-refractivity contribution is -0.140. The number of aromatic hydroxyl groups is 1. The SMILES string of the molecule is Cc1cccc(C(C(=O)NCc2ccccc2)N(C)C(=O)C(Cc2ccccc2)NC(=O)OC(C)(C)C)c1O. The number of nitrogens with one attached hydrogen (secondary N) is 2. The molecule has 0 spiro atoms. The summed E-state index contributed by atoms with van der Waals surface area (Å²) in [6.07, 6.45) is -0.560. The predicted octanol–water partition coefficient (Wildman–Crippen LogP) is 4.65. The van der Waals surface area contributed by atoms with Crippen molar-refractivity contribution in [1.29, 1.82) is 0 Å². The van der Waals surface area contributed by atoms with Crippen molar-refractivity contribution in [1.82, 2.24) is 15.5 Å². The molecule has 3 aromatic rings. The second-order valence-electron chi connectivity index (χ2n) is 10.5. The van der Waals surface area contributed by atoms with E-state index in [1.165, 1.54) is 11.9 Å². The van der Waals surface area contributed by atoms with Crippen LogP contribution in [-0.2, 0) is 27.3 Å². The number of amides is 3. The molecule has 8 nitrogen and oxygen atoms in total. The van der Waals surface area contributed by atoms with Gasteiger partial charge in [0.1, 0.15) is 23.4 Å². The second-order valence-corrected chi connectivity index (χ2v) is 10.5. The highest BCUT2D eigenvalue weighted by molar-refractivity contribution is 5.92. The van der Waals surface area contributed by atoms with Crippen LogP contribution in [0.2, 0.25) is 0 Å². The first-order chi connectivity index (χ1) is 18.5. The highest BCUT2D eigenvalue weighted by atomic mass is 16.6. The summed E-state index contributed by atoms with van der Waals surface area (Å²) in [5.41, 5.74) is 1.81. The fourth-order valence-corrected chi connectivity index (χ4v) is 4.18. The number of ether oxygens (including phenoxy) is 1. The summed E-state index contributed by atoms with van der Waals surface area (Å²) in [4.78, 5) is 41.5. The Labute approximate surface area is 230 Å². The van der Waals surface area contributed by atoms with E-state index in [1.807, 2.05) is 60.7 Å². The Morgan fingerprint density at radius 1 is 0.897 bits per heavy atom. The number of para-hydroxylation sites is 1. The molecular weight excluding hydrogens is 494 g/mol. The summed E-state index contributed by atoms with van der Waals surface area (Å²) in [6.45, 7) is 7.18. The van der Waals surface area contributed by atoms with Crippen LogP contribution in [0.25, 0.3) is 0 Å². The van der Waals surface area contributed by atoms with E-state index in [0.717, 1.165) is 11.1 Å². The number of nitrogens with zero attached hydrogens (tertiary/aromatic N) is 1. The first kappa shape index (κ1) is 29.2. The molecule has 0 aliphatic rings. The van der Waals surface area contributed by atoms with Crippen LogP contribution < -0.4 is 10.6 Å². The zero-order valence-electron chi connectivity index (χ0n) is 23.1. The molecule has 0 saturated heterocycles. The largest absolute Gasteiger partial charge is 0.507 e. The highest BCUT2D eigenvalue weighted by Crippen LogP contribution is 2.31. The van der Waals surface area contributed by atoms with Gasteiger partial charge in [0.15, 0.2) is 0 Å². The average molecular weight is 532 g/mol. The van der Waals surface area contributed by atoms with Crippen LogP contribution >= 0.6 is 0 Å². The monoisotopic (exact) mass is 531 g/mol. The van der Waals surface area contributed by atoms with Gasteiger partial charge in [0.25, 0.3) is 0 Å². The van der Waals surface area contributed by atoms with Gasteiger partial charge in [-0.2, -0.15) is 0 Å². The normalized spacial score (nSPS) is 12.6. The number of phenolic OH excluding ortho intramolecular Hbond substituents is 1. The minimum absolute atomic E-state index is 0.0725. The Kier molecular flexibility index (Phi) is 9.71. The van der Waals surface area contributed by atoms with Gasteiger partial charge in [-0.25, -0.2) is 4.79 Å². The van der Waals surface area contributed by atoms with Crippen molar-refractivity contribution in [2.24, 2.45) is 0 Å². The maximum atomic E-state index is 13.9. The van der Waals surface area contributed by atoms with E-state index in [1.54, 1.807) is 45.9 Å². The zero-order chi connectivity index (χ0) is 28.6. The van der Waals surface area contributed by atoms with Crippen LogP contribution in [0.15, 0.2) is 78.9 Å². The van der Waals surface area contributed by atoms with Gasteiger partial charge < -0.3 is 25.4 Å². The predicted molar refractivity (Wildman–Crippen MR) is 150 cm³/mol. The van der Waals surface area contributed by atoms with E-state index in [9.17, 15) is 19.5 Å². The molecule has 3 N–H and O–H groups in total. The lowest BCUT2D eigenvalue weighted by atomic mass is 9.98. The number of benzene rings is 3. The number of phenols is 1. The Bertz CT molecular complexity index is 1270. The fourth-order valence-electron chi connectivity index (χ4n) is 4.18. The summed E-state index contributed by atoms with van der Waals surface area (Å²) in [7, 11) is 1.49. The van der Waals surface area contributed by atoms with Gasteiger partial charge in [0.2, 0.25) is 11.8 Å². The van der Waals surface area contributed by atoms with Crippen molar-refractivity contribution in [3.8, 4) is 5.75 Å². The van der Waals surface area contributed by atoms with Crippen molar-refractivity contribution >= 4 is 17.9 Å². The summed E-state index contributed by atoms with van der Waals surface area (Å²) in [6, 6.07) is 21.5. The van der Waals surface area contributed by atoms with E-state index in [2.05, 4.69) is 10.6 Å². The number of hydrogen-bond donors (Lipinski definition) is 3. The molecule has 0 fully saturated rings. The average Bonchev–Trinajstić information content (AvgIpc) is 2.89. The summed E-state index contributed by atoms with van der Waals surface area (Å²) < 4.78 is 5.41. The van der Waals surface area contributed by atoms with Gasteiger partial charge in [-0.15, -0.1) is 0 Å². The van der Waals surface area contributed by atoms with Crippen molar-refractivity contribution in [3.63, 3.8) is 0 Å². The number of rotatable bonds is 9. The quantitative estimate of drug-likeness (QED) is 0.373. The van der Waals surface area contributed by atoms with Gasteiger partial charge >= 0.3 is 6.09 Å². The molecule has 206 valence electrons. The number of alkyl carbamates (subject to hydrolysis) is 1. The van der Waals surface area contributed by atoms with Gasteiger partial charge in [-0.3, -0.25) is 9.59 Å². The van der Waals surface area contributed by atoms with Crippen LogP contribution in [0.5, 0.6) is 5.75 Å². The molecule has 0 aliphatic heterocycles. The van der Waals surface area contributed by atoms with Crippen LogP contribution in [-0.4, -0.2) is 46.6 Å². The molecular formula is C31H37N3O5. The standard InChI is InChI=1S/C31H37N3O5/c1-21-13-12-18-24(27(21)35)26(28(36)32-20-23-16-10-7-11-17-23)34(5)29(37)25(19-22-14-8-6-9-15-22)33-30(38)39-31(2,3)4/h6-18,25-26,35H,19-20H2,1-5H3,(H,32,36)(H,33,38). The van der Waals surface area contributed by atoms with Crippen LogP contribution in [0.1, 0.15) is 49.1 Å². The maximum absolute atomic E-state index is 13.9. The van der Waals surface area contributed by atoms with Crippen molar-refractivity contribution in [3.05, 3.63) is 101 Å². The van der Waals surface area contributed by atoms with Gasteiger partial charge in [-0.05, 0) is 44.4 Å². The molecule has 3 aromatic carbocycles. The number of aryl methyl sites for hydroxylation is 1. The number of likely N-dealkylation sites (N-methyl/N-ethyl adjacent to an activating group) is 1. The van der Waals surface area contributed by atoms with E-state index < -0.39 is 35.6 Å². The zero-order valence-corrected chi connectivity index (χ0v) is 23.1. The molecule has 3 amide bonds. The number of carbonyl (C=O) groups excluding carboxylic acids is 3. The van der Waals surface area contributed by atoms with Gasteiger partial charge in [0.05, 0.1) is 0 Å². The molecule has 0 heterocycles. The molecule has 3 rings (SSSR count). The Balaban J connectivity index is 1.93. The van der Waals surface area contributed by atoms with E-state index in [0.29, 0.717) is 5.56 Å². The molecule has 8 heteroatoms. The number of carbonyl (C=O) groups is 3. The van der Waals surface area contributed by atoms with Crippen molar-refractivity contribution in [2.45, 2.75) is 58.3 Å². The summed E-state index contributed by atoms with van der Waals surface area (Å²) in [5, 5.41) is 16.4. The topological polar surface area (TPSA) is 108 Å². The van der Waals surface area contributed by atoms with E-state index in [-0.39, 0.29) is 24.3 Å². The minimum Gasteiger partial charge on any atom is -0.507 e. The first-order valence-corrected chi connectivity index (χ1v) is 12.9. The van der Waals surface area contributed by atoms with Crippen molar-refractivity contribution in [2.75, 3.05) is 7.05 Å². The second kappa shape index (κ2) is 13.0. The van der Waals surface area contributed by atoms with Gasteiger partial charge in [0, 0.05) is 25.6 Å². The lowest BCUT2D eigenvalue weighted by Crippen LogP contribution is -2.52. The molecule has 0 aliphatic carbocycles. The first-order valence-electron chi connectivity index (χ1n) is 12.9. The maximum Gasteiger partial charge on any atom is 0.408 e. The fraction of sp³-hybridized carbons (Fsp3) is 0.323. The highest BCUT2D eigenvalue weighted by Gasteiger charge is 2.35. The van der Waals surface area contributed by atoms with E-state index in [4.69, 9.17) is 4.74 Å². The lowest BCUT2D eigenvalue weighted by Gasteiger charge is -2.32. The minimum atomic E-state index is -1.15. The van der Waals surface area contributed by atoms with Crippen LogP contribution in [0.4, 0.5) is 4.79 Å². The molecule has 39 heavy (non-hydrogen) atoms. The Morgan fingerprint density at radius 2 is 1.49 bits per heavy atom. The molecule has 2 atom stereocenters. The molecule has 0 aromatic heterocycles. The van der Waals surface area contributed by atoms with Gasteiger partial charge in [-0.1, -0.05) is 78.9 Å². The van der Waals surface area contributed by atoms with Crippen LogP contribution in [0, 0.1) is 6.92 Å². The third kappa shape index (κ3) is 8.33. The van der Waals surface area contributed by atoms with E-state index >= 15 is 0 Å². The van der Waals surface area contributed by atoms with Crippen molar-refractivity contribution < 1.29 is 24.2 Å². The third-order valence-electron chi connectivity index (χ3n) is 6.13. The summed E-state index contributed by atoms with van der Waals surface area (Å²) in [5.74, 6) is -1.05. The third-order valence-corrected chi connectivity index (χ3v) is 6.13. The Hall–Kier alpha value is -4.33. The molecule has 0 saturated carbocycles.